The number of aromatic amines is 1. The molecule has 3 aromatic rings. The number of anilines is 1. The smallest absolute Gasteiger partial charge is 0.330 e. The number of hydrogen-bond acceptors (Lipinski definition) is 3. The van der Waals surface area contributed by atoms with Crippen LogP contribution in [0.3, 0.4) is 0 Å². The van der Waals surface area contributed by atoms with Crippen molar-refractivity contribution in [3.8, 4) is 0 Å². The monoisotopic (exact) mass is 462 g/mol. The second kappa shape index (κ2) is 8.31. The topological polar surface area (TPSA) is 86.9 Å². The minimum absolute atomic E-state index is 0.0328. The molecule has 0 spiro atoms. The highest BCUT2D eigenvalue weighted by atomic mass is 35.5. The van der Waals surface area contributed by atoms with Crippen LogP contribution < -0.4 is 10.6 Å². The van der Waals surface area contributed by atoms with Gasteiger partial charge >= 0.3 is 6.18 Å². The van der Waals surface area contributed by atoms with Crippen LogP contribution in [0.5, 0.6) is 0 Å². The average molecular weight is 463 g/mol. The Hall–Kier alpha value is -3.33. The van der Waals surface area contributed by atoms with Crippen molar-refractivity contribution in [2.24, 2.45) is 0 Å². The Labute approximate surface area is 185 Å². The van der Waals surface area contributed by atoms with E-state index in [1.165, 1.54) is 12.1 Å². The fraction of sp³-hybridized carbons (Fsp3) is 0.227. The van der Waals surface area contributed by atoms with Gasteiger partial charge in [-0.1, -0.05) is 23.7 Å². The van der Waals surface area contributed by atoms with E-state index in [1.807, 2.05) is 0 Å². The van der Waals surface area contributed by atoms with Gasteiger partial charge in [-0.2, -0.15) is 18.3 Å². The number of alkyl halides is 3. The second-order valence-electron chi connectivity index (χ2n) is 7.57. The molecule has 1 aromatic heterocycles. The molecule has 32 heavy (non-hydrogen) atoms. The van der Waals surface area contributed by atoms with E-state index in [-0.39, 0.29) is 24.7 Å². The maximum Gasteiger partial charge on any atom is 0.416 e. The lowest BCUT2D eigenvalue weighted by Crippen LogP contribution is -2.32. The number of carbonyl (C=O) groups is 2. The Balaban J connectivity index is 1.56. The summed E-state index contributed by atoms with van der Waals surface area (Å²) in [5.74, 6) is -1.08. The van der Waals surface area contributed by atoms with E-state index < -0.39 is 17.7 Å². The summed E-state index contributed by atoms with van der Waals surface area (Å²) in [6, 6.07) is 9.77. The molecule has 1 atom stereocenters. The van der Waals surface area contributed by atoms with Crippen molar-refractivity contribution in [1.82, 2.24) is 15.5 Å². The van der Waals surface area contributed by atoms with Crippen LogP contribution in [0.2, 0.25) is 5.15 Å². The molecule has 4 rings (SSSR count). The molecule has 166 valence electrons. The Kier molecular flexibility index (Phi) is 5.68. The molecule has 0 bridgehead atoms. The molecule has 2 amide bonds. The molecule has 6 nitrogen and oxygen atoms in total. The number of hydrogen-bond donors (Lipinski definition) is 3. The van der Waals surface area contributed by atoms with Crippen LogP contribution in [0.15, 0.2) is 53.7 Å². The molecule has 0 radical (unpaired) electrons. The van der Waals surface area contributed by atoms with Crippen molar-refractivity contribution in [3.63, 3.8) is 0 Å². The highest BCUT2D eigenvalue weighted by molar-refractivity contribution is 6.34. The Morgan fingerprint density at radius 3 is 2.62 bits per heavy atom. The number of nitrogens with one attached hydrogen (secondary N) is 3. The van der Waals surface area contributed by atoms with Crippen LogP contribution in [-0.4, -0.2) is 22.0 Å². The van der Waals surface area contributed by atoms with E-state index in [2.05, 4.69) is 20.8 Å². The van der Waals surface area contributed by atoms with E-state index in [0.29, 0.717) is 38.6 Å². The molecule has 0 fully saturated rings. The molecule has 1 unspecified atom stereocenters. The lowest BCUT2D eigenvalue weighted by molar-refractivity contribution is -0.137. The zero-order valence-electron chi connectivity index (χ0n) is 16.8. The van der Waals surface area contributed by atoms with Crippen LogP contribution in [0.4, 0.5) is 18.9 Å². The van der Waals surface area contributed by atoms with Crippen molar-refractivity contribution in [1.29, 1.82) is 0 Å². The van der Waals surface area contributed by atoms with Gasteiger partial charge < -0.3 is 10.6 Å². The van der Waals surface area contributed by atoms with Gasteiger partial charge in [0.25, 0.3) is 0 Å². The number of fused-ring (bicyclic) bond motifs is 1. The summed E-state index contributed by atoms with van der Waals surface area (Å²) in [5.41, 5.74) is 2.12. The molecule has 1 aliphatic heterocycles. The third-order valence-corrected chi connectivity index (χ3v) is 5.69. The molecule has 0 saturated heterocycles. The molecule has 3 N–H and O–H groups in total. The lowest BCUT2D eigenvalue weighted by atomic mass is 9.82. The zero-order chi connectivity index (χ0) is 23.0. The van der Waals surface area contributed by atoms with Gasteiger partial charge in [0.15, 0.2) is 0 Å². The summed E-state index contributed by atoms with van der Waals surface area (Å²) in [4.78, 5) is 24.9. The van der Waals surface area contributed by atoms with Gasteiger partial charge in [0.2, 0.25) is 11.8 Å². The molecule has 0 saturated carbocycles. The van der Waals surface area contributed by atoms with Crippen LogP contribution >= 0.6 is 11.6 Å². The fourth-order valence-corrected chi connectivity index (χ4v) is 4.02. The Morgan fingerprint density at radius 1 is 1.22 bits per heavy atom. The molecule has 1 aliphatic rings. The van der Waals surface area contributed by atoms with Gasteiger partial charge in [-0.05, 0) is 48.4 Å². The van der Waals surface area contributed by atoms with E-state index in [0.717, 1.165) is 12.1 Å². The molecule has 0 aliphatic carbocycles. The summed E-state index contributed by atoms with van der Waals surface area (Å²) in [5, 5.41) is 13.2. The maximum absolute atomic E-state index is 12.9. The summed E-state index contributed by atoms with van der Waals surface area (Å²) in [7, 11) is 0. The fourth-order valence-electron chi connectivity index (χ4n) is 3.82. The maximum atomic E-state index is 12.9. The van der Waals surface area contributed by atoms with E-state index in [1.54, 1.807) is 25.1 Å². The summed E-state index contributed by atoms with van der Waals surface area (Å²) in [6.07, 6.45) is -4.44. The van der Waals surface area contributed by atoms with Crippen molar-refractivity contribution < 1.29 is 22.8 Å². The van der Waals surface area contributed by atoms with Crippen LogP contribution in [-0.2, 0) is 15.8 Å². The Morgan fingerprint density at radius 2 is 1.94 bits per heavy atom. The third kappa shape index (κ3) is 4.47. The van der Waals surface area contributed by atoms with Crippen molar-refractivity contribution in [2.75, 3.05) is 5.32 Å². The molecule has 2 heterocycles. The Bertz CT molecular complexity index is 1230. The predicted octanol–water partition coefficient (Wildman–Crippen LogP) is 5.14. The third-order valence-electron chi connectivity index (χ3n) is 5.40. The minimum Gasteiger partial charge on any atom is -0.330 e. The number of carbonyl (C=O) groups excluding carboxylic acids is 2. The number of rotatable bonds is 4. The first-order valence-electron chi connectivity index (χ1n) is 9.72. The number of amides is 2. The highest BCUT2D eigenvalue weighted by Gasteiger charge is 2.32. The SMILES string of the molecule is CC1=C(CC(=O)Nc2ccc3n[nH]c(Cl)c3c2)C(c2ccc(C(F)(F)F)cc2)CC(=O)N1. The van der Waals surface area contributed by atoms with Gasteiger partial charge in [-0.3, -0.25) is 14.7 Å². The summed E-state index contributed by atoms with van der Waals surface area (Å²) < 4.78 is 38.7. The van der Waals surface area contributed by atoms with Gasteiger partial charge in [0.05, 0.1) is 17.5 Å². The van der Waals surface area contributed by atoms with Crippen molar-refractivity contribution in [2.45, 2.75) is 31.9 Å². The standard InChI is InChI=1S/C22H18ClF3N4O2/c1-11-15(9-20(32)28-14-6-7-18-17(8-14)21(23)30-29-18)16(10-19(31)27-11)12-2-4-13(5-3-12)22(24,25)26/h2-8,16H,9-10H2,1H3,(H,27,31)(H,28,32)(H,29,30). The predicted molar refractivity (Wildman–Crippen MR) is 114 cm³/mol. The van der Waals surface area contributed by atoms with Gasteiger partial charge in [-0.15, -0.1) is 0 Å². The largest absolute Gasteiger partial charge is 0.416 e. The van der Waals surface area contributed by atoms with E-state index in [9.17, 15) is 22.8 Å². The minimum atomic E-state index is -4.45. The number of halogens is 4. The lowest BCUT2D eigenvalue weighted by Gasteiger charge is -2.28. The molecular formula is C22H18ClF3N4O2. The number of benzene rings is 2. The van der Waals surface area contributed by atoms with Crippen LogP contribution in [0, 0.1) is 0 Å². The number of H-pyrrole nitrogens is 1. The van der Waals surface area contributed by atoms with Crippen molar-refractivity contribution >= 4 is 40.0 Å². The summed E-state index contributed by atoms with van der Waals surface area (Å²) in [6.45, 7) is 1.67. The highest BCUT2D eigenvalue weighted by Crippen LogP contribution is 2.37. The number of allylic oxidation sites excluding steroid dienone is 1. The van der Waals surface area contributed by atoms with Crippen molar-refractivity contribution in [3.05, 3.63) is 70.0 Å². The first kappa shape index (κ1) is 21.9. The second-order valence-corrected chi connectivity index (χ2v) is 7.95. The first-order chi connectivity index (χ1) is 15.1. The zero-order valence-corrected chi connectivity index (χ0v) is 17.6. The normalized spacial score (nSPS) is 16.9. The first-order valence-corrected chi connectivity index (χ1v) is 10.1. The summed E-state index contributed by atoms with van der Waals surface area (Å²) >= 11 is 6.05. The average Bonchev–Trinajstić information content (AvgIpc) is 3.09. The van der Waals surface area contributed by atoms with E-state index >= 15 is 0 Å². The quantitative estimate of drug-likeness (QED) is 0.501. The van der Waals surface area contributed by atoms with Crippen LogP contribution in [0.25, 0.3) is 10.9 Å². The number of aromatic nitrogens is 2. The molecule has 2 aromatic carbocycles. The van der Waals surface area contributed by atoms with Gasteiger partial charge in [-0.25, -0.2) is 0 Å². The van der Waals surface area contributed by atoms with E-state index in [4.69, 9.17) is 11.6 Å². The van der Waals surface area contributed by atoms with Gasteiger partial charge in [0, 0.05) is 29.1 Å². The van der Waals surface area contributed by atoms with Gasteiger partial charge in [0.1, 0.15) is 5.15 Å². The molecule has 10 heteroatoms. The number of nitrogens with zero attached hydrogens (tertiary/aromatic N) is 1. The molecular weight excluding hydrogens is 445 g/mol. The van der Waals surface area contributed by atoms with Crippen LogP contribution in [0.1, 0.15) is 36.8 Å².